The predicted octanol–water partition coefficient (Wildman–Crippen LogP) is 1.31. The minimum atomic E-state index is -3.21. The zero-order valence-electron chi connectivity index (χ0n) is 9.81. The fourth-order valence-electron chi connectivity index (χ4n) is 1.91. The lowest BCUT2D eigenvalue weighted by atomic mass is 10.4. The number of benzene rings is 2. The van der Waals surface area contributed by atoms with Crippen LogP contribution in [0, 0.1) is 0 Å². The first-order chi connectivity index (χ1) is 8.69. The van der Waals surface area contributed by atoms with Crippen LogP contribution in [-0.4, -0.2) is 22.7 Å². The summed E-state index contributed by atoms with van der Waals surface area (Å²) >= 11 is 0. The smallest absolute Gasteiger partial charge is 0.172 e. The van der Waals surface area contributed by atoms with E-state index in [2.05, 4.69) is 0 Å². The molecule has 0 radical (unpaired) electrons. The summed E-state index contributed by atoms with van der Waals surface area (Å²) in [6.07, 6.45) is 0. The second kappa shape index (κ2) is 5.49. The zero-order chi connectivity index (χ0) is 13.0. The molecule has 0 aliphatic rings. The van der Waals surface area contributed by atoms with Crippen molar-refractivity contribution in [3.63, 3.8) is 0 Å². The molecule has 0 bridgehead atoms. The number of rotatable bonds is 4. The SMILES string of the molecule is O=P(c1ccccc1)(c1ccccc1)C(O)CO. The molecule has 0 saturated heterocycles. The Morgan fingerprint density at radius 2 is 1.28 bits per heavy atom. The summed E-state index contributed by atoms with van der Waals surface area (Å²) in [6, 6.07) is 17.6. The molecule has 2 rings (SSSR count). The highest BCUT2D eigenvalue weighted by Crippen LogP contribution is 2.47. The summed E-state index contributed by atoms with van der Waals surface area (Å²) in [5.74, 6) is -1.28. The van der Waals surface area contributed by atoms with Gasteiger partial charge in [-0.15, -0.1) is 0 Å². The van der Waals surface area contributed by atoms with Gasteiger partial charge in [0.15, 0.2) is 7.14 Å². The first-order valence-electron chi connectivity index (χ1n) is 5.69. The van der Waals surface area contributed by atoms with Gasteiger partial charge in [0.2, 0.25) is 0 Å². The van der Waals surface area contributed by atoms with Gasteiger partial charge in [-0.25, -0.2) is 0 Å². The molecule has 2 aromatic rings. The van der Waals surface area contributed by atoms with E-state index in [1.807, 2.05) is 12.1 Å². The summed E-state index contributed by atoms with van der Waals surface area (Å²) in [6.45, 7) is -0.527. The van der Waals surface area contributed by atoms with Crippen molar-refractivity contribution in [3.8, 4) is 0 Å². The average Bonchev–Trinajstić information content (AvgIpc) is 2.47. The highest BCUT2D eigenvalue weighted by molar-refractivity contribution is 7.79. The lowest BCUT2D eigenvalue weighted by Crippen LogP contribution is -2.28. The first kappa shape index (κ1) is 13.0. The topological polar surface area (TPSA) is 57.5 Å². The minimum absolute atomic E-state index is 0.527. The van der Waals surface area contributed by atoms with Gasteiger partial charge in [-0.2, -0.15) is 0 Å². The second-order valence-electron chi connectivity index (χ2n) is 3.99. The maximum Gasteiger partial charge on any atom is 0.172 e. The van der Waals surface area contributed by atoms with Crippen molar-refractivity contribution in [1.29, 1.82) is 0 Å². The van der Waals surface area contributed by atoms with Crippen LogP contribution in [0.5, 0.6) is 0 Å². The molecule has 0 aromatic heterocycles. The quantitative estimate of drug-likeness (QED) is 0.817. The molecule has 3 nitrogen and oxygen atoms in total. The minimum Gasteiger partial charge on any atom is -0.393 e. The summed E-state index contributed by atoms with van der Waals surface area (Å²) < 4.78 is 13.1. The molecule has 0 saturated carbocycles. The molecule has 94 valence electrons. The summed E-state index contributed by atoms with van der Waals surface area (Å²) in [5, 5.41) is 20.2. The largest absolute Gasteiger partial charge is 0.393 e. The molecule has 2 aromatic carbocycles. The summed E-state index contributed by atoms with van der Waals surface area (Å²) in [4.78, 5) is 0. The Hall–Kier alpha value is -1.41. The van der Waals surface area contributed by atoms with Crippen molar-refractivity contribution in [2.24, 2.45) is 0 Å². The molecule has 0 spiro atoms. The maximum absolute atomic E-state index is 13.1. The van der Waals surface area contributed by atoms with Crippen molar-refractivity contribution in [1.82, 2.24) is 0 Å². The number of aliphatic hydroxyl groups is 2. The van der Waals surface area contributed by atoms with Crippen LogP contribution in [0.15, 0.2) is 60.7 Å². The lowest BCUT2D eigenvalue weighted by Gasteiger charge is -2.23. The van der Waals surface area contributed by atoms with Gasteiger partial charge in [0, 0.05) is 10.6 Å². The Bertz CT molecular complexity index is 496. The van der Waals surface area contributed by atoms with Crippen LogP contribution in [0.3, 0.4) is 0 Å². The van der Waals surface area contributed by atoms with Crippen molar-refractivity contribution < 1.29 is 14.8 Å². The Balaban J connectivity index is 2.59. The maximum atomic E-state index is 13.1. The number of hydrogen-bond acceptors (Lipinski definition) is 3. The van der Waals surface area contributed by atoms with Crippen LogP contribution in [0.2, 0.25) is 0 Å². The van der Waals surface area contributed by atoms with Crippen LogP contribution < -0.4 is 10.6 Å². The van der Waals surface area contributed by atoms with Crippen LogP contribution in [-0.2, 0) is 4.57 Å². The van der Waals surface area contributed by atoms with Crippen molar-refractivity contribution in [3.05, 3.63) is 60.7 Å². The molecule has 0 heterocycles. The van der Waals surface area contributed by atoms with Crippen LogP contribution >= 0.6 is 7.14 Å². The van der Waals surface area contributed by atoms with Crippen LogP contribution in [0.25, 0.3) is 0 Å². The van der Waals surface area contributed by atoms with Crippen molar-refractivity contribution in [2.75, 3.05) is 6.61 Å². The number of hydrogen-bond donors (Lipinski definition) is 2. The van der Waals surface area contributed by atoms with E-state index in [1.165, 1.54) is 0 Å². The summed E-state index contributed by atoms with van der Waals surface area (Å²) in [5.41, 5.74) is 0. The fourth-order valence-corrected chi connectivity index (χ4v) is 4.35. The molecule has 0 fully saturated rings. The third kappa shape index (κ3) is 2.25. The van der Waals surface area contributed by atoms with E-state index in [1.54, 1.807) is 48.5 Å². The fraction of sp³-hybridized carbons (Fsp3) is 0.143. The highest BCUT2D eigenvalue weighted by atomic mass is 31.2. The Morgan fingerprint density at radius 1 is 0.889 bits per heavy atom. The van der Waals surface area contributed by atoms with Crippen molar-refractivity contribution in [2.45, 2.75) is 5.85 Å². The molecule has 0 aliphatic carbocycles. The Morgan fingerprint density at radius 3 is 1.61 bits per heavy atom. The van der Waals surface area contributed by atoms with E-state index in [0.29, 0.717) is 10.6 Å². The highest BCUT2D eigenvalue weighted by Gasteiger charge is 2.34. The van der Waals surface area contributed by atoms with E-state index in [4.69, 9.17) is 0 Å². The van der Waals surface area contributed by atoms with Gasteiger partial charge in [0.1, 0.15) is 5.85 Å². The monoisotopic (exact) mass is 262 g/mol. The van der Waals surface area contributed by atoms with Crippen LogP contribution in [0.1, 0.15) is 0 Å². The molecular formula is C14H15O3P. The van der Waals surface area contributed by atoms with E-state index < -0.39 is 19.6 Å². The standard InChI is InChI=1S/C14H15O3P/c15-11-14(16)18(17,12-7-3-1-4-8-12)13-9-5-2-6-10-13/h1-10,14-16H,11H2. The van der Waals surface area contributed by atoms with Gasteiger partial charge >= 0.3 is 0 Å². The third-order valence-corrected chi connectivity index (χ3v) is 6.00. The van der Waals surface area contributed by atoms with Gasteiger partial charge in [-0.1, -0.05) is 60.7 Å². The predicted molar refractivity (Wildman–Crippen MR) is 72.9 cm³/mol. The average molecular weight is 262 g/mol. The molecule has 1 atom stereocenters. The molecule has 1 unspecified atom stereocenters. The van der Waals surface area contributed by atoms with Gasteiger partial charge in [-0.05, 0) is 0 Å². The van der Waals surface area contributed by atoms with Gasteiger partial charge in [-0.3, -0.25) is 0 Å². The van der Waals surface area contributed by atoms with E-state index in [9.17, 15) is 14.8 Å². The first-order valence-corrected chi connectivity index (χ1v) is 7.47. The zero-order valence-corrected chi connectivity index (χ0v) is 10.7. The third-order valence-electron chi connectivity index (χ3n) is 2.86. The van der Waals surface area contributed by atoms with Crippen LogP contribution in [0.4, 0.5) is 0 Å². The molecule has 18 heavy (non-hydrogen) atoms. The lowest BCUT2D eigenvalue weighted by molar-refractivity contribution is 0.152. The molecule has 0 amide bonds. The van der Waals surface area contributed by atoms with E-state index in [0.717, 1.165) is 0 Å². The normalized spacial score (nSPS) is 13.2. The Kier molecular flexibility index (Phi) is 3.97. The van der Waals surface area contributed by atoms with E-state index in [-0.39, 0.29) is 0 Å². The second-order valence-corrected chi connectivity index (χ2v) is 6.94. The van der Waals surface area contributed by atoms with Gasteiger partial charge < -0.3 is 14.8 Å². The number of aliphatic hydroxyl groups excluding tert-OH is 2. The molecule has 0 aliphatic heterocycles. The molecule has 4 heteroatoms. The van der Waals surface area contributed by atoms with Crippen molar-refractivity contribution >= 4 is 17.8 Å². The van der Waals surface area contributed by atoms with Gasteiger partial charge in [0.05, 0.1) is 6.61 Å². The summed E-state index contributed by atoms with van der Waals surface area (Å²) in [7, 11) is -3.21. The molecular weight excluding hydrogens is 247 g/mol. The van der Waals surface area contributed by atoms with E-state index >= 15 is 0 Å². The molecule has 2 N–H and O–H groups in total. The van der Waals surface area contributed by atoms with Gasteiger partial charge in [0.25, 0.3) is 0 Å². The Labute approximate surface area is 106 Å².